The number of nitrogens with one attached hydrogen (secondary N) is 1. The Morgan fingerprint density at radius 2 is 1.96 bits per heavy atom. The first-order valence-corrected chi connectivity index (χ1v) is 8.79. The van der Waals surface area contributed by atoms with Crippen molar-refractivity contribution in [2.24, 2.45) is 0 Å². The lowest BCUT2D eigenvalue weighted by molar-refractivity contribution is -0.705. The van der Waals surface area contributed by atoms with Crippen LogP contribution in [0.5, 0.6) is 5.95 Å². The molecule has 0 fully saturated rings. The van der Waals surface area contributed by atoms with Crippen molar-refractivity contribution in [3.8, 4) is 11.6 Å². The quantitative estimate of drug-likeness (QED) is 0.491. The maximum Gasteiger partial charge on any atom is 0.335 e. The summed E-state index contributed by atoms with van der Waals surface area (Å²) in [4.78, 5) is 23.5. The number of thioether (sulfide) groups is 1. The smallest absolute Gasteiger partial charge is 0.335 e. The van der Waals surface area contributed by atoms with Gasteiger partial charge in [0.1, 0.15) is 0 Å². The van der Waals surface area contributed by atoms with E-state index in [1.807, 2.05) is 6.07 Å². The van der Waals surface area contributed by atoms with E-state index in [2.05, 4.69) is 10.6 Å². The fraction of sp³-hybridized carbons (Fsp3) is 0.111. The van der Waals surface area contributed by atoms with Crippen LogP contribution in [0.25, 0.3) is 5.69 Å². The second-order valence-corrected chi connectivity index (χ2v) is 6.88. The van der Waals surface area contributed by atoms with Gasteiger partial charge in [-0.3, -0.25) is 4.79 Å². The number of carboxylic acids is 1. The molecule has 3 aromatic rings. The summed E-state index contributed by atoms with van der Waals surface area (Å²) in [5.41, 5.74) is 1.06. The molecule has 27 heavy (non-hydrogen) atoms. The monoisotopic (exact) mass is 385 g/mol. The number of benzene rings is 2. The number of nitrogens with zero attached hydrogens (tertiary/aromatic N) is 2. The third kappa shape index (κ3) is 4.26. The number of rotatable bonds is 6. The second kappa shape index (κ2) is 7.92. The number of para-hydroxylation sites is 1. The van der Waals surface area contributed by atoms with Gasteiger partial charge in [0.05, 0.1) is 16.1 Å². The molecule has 3 rings (SSSR count). The van der Waals surface area contributed by atoms with E-state index in [9.17, 15) is 14.7 Å². The summed E-state index contributed by atoms with van der Waals surface area (Å²) in [6.07, 6.45) is 0. The molecule has 138 valence electrons. The Balaban J connectivity index is 1.75. The highest BCUT2D eigenvalue weighted by atomic mass is 32.2. The van der Waals surface area contributed by atoms with Gasteiger partial charge in [-0.05, 0) is 41.6 Å². The van der Waals surface area contributed by atoms with E-state index in [0.717, 1.165) is 11.8 Å². The molecule has 0 saturated heterocycles. The minimum Gasteiger partial charge on any atom is -0.538 e. The number of anilines is 1. The molecule has 2 aromatic carbocycles. The van der Waals surface area contributed by atoms with Crippen LogP contribution >= 0.6 is 11.8 Å². The van der Waals surface area contributed by atoms with Crippen molar-refractivity contribution in [2.75, 3.05) is 5.32 Å². The van der Waals surface area contributed by atoms with Crippen molar-refractivity contribution in [2.45, 2.75) is 17.2 Å². The van der Waals surface area contributed by atoms with Gasteiger partial charge in [-0.15, -0.1) is 0 Å². The van der Waals surface area contributed by atoms with Gasteiger partial charge >= 0.3 is 5.97 Å². The van der Waals surface area contributed by atoms with Crippen molar-refractivity contribution in [1.82, 2.24) is 5.27 Å². The van der Waals surface area contributed by atoms with E-state index < -0.39 is 17.2 Å². The Hall–Kier alpha value is -3.33. The van der Waals surface area contributed by atoms with Crippen molar-refractivity contribution in [3.63, 3.8) is 0 Å². The first-order chi connectivity index (χ1) is 13.0. The largest absolute Gasteiger partial charge is 0.538 e. The van der Waals surface area contributed by atoms with E-state index in [0.29, 0.717) is 11.4 Å². The Labute approximate surface area is 158 Å². The van der Waals surface area contributed by atoms with Gasteiger partial charge in [-0.25, -0.2) is 4.79 Å². The lowest BCUT2D eigenvalue weighted by Crippen LogP contribution is -2.36. The first kappa shape index (κ1) is 18.5. The van der Waals surface area contributed by atoms with Gasteiger partial charge in [0, 0.05) is 17.8 Å². The van der Waals surface area contributed by atoms with Gasteiger partial charge in [-0.2, -0.15) is 0 Å². The summed E-state index contributed by atoms with van der Waals surface area (Å²) < 4.78 is 6.07. The number of carbonyl (C=O) groups is 2. The van der Waals surface area contributed by atoms with Gasteiger partial charge in [0.2, 0.25) is 11.6 Å². The van der Waals surface area contributed by atoms with Crippen molar-refractivity contribution in [3.05, 3.63) is 60.2 Å². The molecule has 0 spiro atoms. The molecule has 1 heterocycles. The number of hydrogen-bond donors (Lipinski definition) is 2. The third-order valence-corrected chi connectivity index (χ3v) is 4.74. The van der Waals surface area contributed by atoms with Gasteiger partial charge in [-0.1, -0.05) is 24.3 Å². The maximum absolute atomic E-state index is 12.4. The lowest BCUT2D eigenvalue weighted by Gasteiger charge is -2.10. The Morgan fingerprint density at radius 3 is 2.67 bits per heavy atom. The van der Waals surface area contributed by atoms with E-state index in [4.69, 9.17) is 9.63 Å². The Kier molecular flexibility index (Phi) is 5.41. The fourth-order valence-corrected chi connectivity index (χ4v) is 3.14. The molecule has 8 nitrogen and oxygen atoms in total. The lowest BCUT2D eigenvalue weighted by atomic mass is 10.2. The second-order valence-electron chi connectivity index (χ2n) is 5.55. The normalized spacial score (nSPS) is 11.7. The molecule has 0 aliphatic heterocycles. The SMILES string of the molecule is CC(Sc1c([O-])on[n+]1-c1ccccc1)C(=O)Nc1cccc(C(=O)O)c1. The number of amides is 1. The van der Waals surface area contributed by atoms with Crippen molar-refractivity contribution >= 4 is 29.3 Å². The van der Waals surface area contributed by atoms with Crippen molar-refractivity contribution < 1.29 is 29.0 Å². The summed E-state index contributed by atoms with van der Waals surface area (Å²) in [7, 11) is 0. The Morgan fingerprint density at radius 1 is 1.22 bits per heavy atom. The van der Waals surface area contributed by atoms with Crippen LogP contribution in [0.3, 0.4) is 0 Å². The van der Waals surface area contributed by atoms with Crippen LogP contribution in [-0.2, 0) is 4.79 Å². The minimum atomic E-state index is -1.09. The average Bonchev–Trinajstić information content (AvgIpc) is 3.03. The summed E-state index contributed by atoms with van der Waals surface area (Å²) in [6, 6.07) is 14.8. The number of aromatic nitrogens is 2. The predicted octanol–water partition coefficient (Wildman–Crippen LogP) is 1.84. The highest BCUT2D eigenvalue weighted by Gasteiger charge is 2.26. The zero-order valence-electron chi connectivity index (χ0n) is 14.2. The van der Waals surface area contributed by atoms with Crippen LogP contribution in [0, 0.1) is 0 Å². The average molecular weight is 385 g/mol. The number of carboxylic acid groups (broad SMARTS) is 1. The maximum atomic E-state index is 12.4. The molecule has 0 saturated carbocycles. The molecular weight excluding hydrogens is 370 g/mol. The third-order valence-electron chi connectivity index (χ3n) is 3.61. The van der Waals surface area contributed by atoms with Crippen LogP contribution in [0.15, 0.2) is 64.1 Å². The van der Waals surface area contributed by atoms with Crippen LogP contribution in [0.2, 0.25) is 0 Å². The molecule has 0 aliphatic rings. The molecule has 2 N–H and O–H groups in total. The zero-order valence-corrected chi connectivity index (χ0v) is 15.0. The van der Waals surface area contributed by atoms with Crippen LogP contribution in [0.1, 0.15) is 17.3 Å². The molecule has 9 heteroatoms. The van der Waals surface area contributed by atoms with Gasteiger partial charge < -0.3 is 20.1 Å². The predicted molar refractivity (Wildman–Crippen MR) is 94.8 cm³/mol. The highest BCUT2D eigenvalue weighted by molar-refractivity contribution is 8.00. The van der Waals surface area contributed by atoms with Crippen LogP contribution < -0.4 is 15.1 Å². The molecule has 0 aliphatic carbocycles. The highest BCUT2D eigenvalue weighted by Crippen LogP contribution is 2.28. The molecule has 1 amide bonds. The molecule has 0 radical (unpaired) electrons. The summed E-state index contributed by atoms with van der Waals surface area (Å²) in [6.45, 7) is 1.63. The molecular formula is C18H15N3O5S. The van der Waals surface area contributed by atoms with Crippen LogP contribution in [0.4, 0.5) is 5.69 Å². The molecule has 1 unspecified atom stereocenters. The van der Waals surface area contributed by atoms with Crippen molar-refractivity contribution in [1.29, 1.82) is 0 Å². The fourth-order valence-electron chi connectivity index (χ4n) is 2.27. The minimum absolute atomic E-state index is 0.0657. The molecule has 0 bridgehead atoms. The first-order valence-electron chi connectivity index (χ1n) is 7.91. The van der Waals surface area contributed by atoms with E-state index in [1.54, 1.807) is 37.3 Å². The summed E-state index contributed by atoms with van der Waals surface area (Å²) in [5, 5.41) is 26.9. The molecule has 1 atom stereocenters. The number of aromatic carboxylic acids is 1. The van der Waals surface area contributed by atoms with Gasteiger partial charge in [0.15, 0.2) is 5.95 Å². The zero-order chi connectivity index (χ0) is 19.4. The number of carbonyl (C=O) groups excluding carboxylic acids is 1. The van der Waals surface area contributed by atoms with E-state index in [1.165, 1.54) is 22.9 Å². The molecule has 1 aromatic heterocycles. The van der Waals surface area contributed by atoms with Gasteiger partial charge in [0.25, 0.3) is 5.03 Å². The Bertz CT molecular complexity index is 974. The number of hydrogen-bond acceptors (Lipinski definition) is 6. The van der Waals surface area contributed by atoms with E-state index >= 15 is 0 Å². The standard InChI is InChI=1S/C18H15N3O5S/c1-11(15(22)19-13-7-5-6-12(10-13)17(23)24)27-16-18(25)26-20-21(16)14-8-3-2-4-9-14/h2-11H,1H3,(H2-,19,20,22,23,24,25). The summed E-state index contributed by atoms with van der Waals surface area (Å²) >= 11 is 1.00. The topological polar surface area (TPSA) is 119 Å². The summed E-state index contributed by atoms with van der Waals surface area (Å²) in [5.74, 6) is -2.11. The van der Waals surface area contributed by atoms with Crippen LogP contribution in [-0.4, -0.2) is 27.5 Å². The van der Waals surface area contributed by atoms with E-state index in [-0.39, 0.29) is 16.5 Å².